The number of allylic oxidation sites excluding steroid dienone is 1. The zero-order valence-corrected chi connectivity index (χ0v) is 14.3. The van der Waals surface area contributed by atoms with E-state index in [4.69, 9.17) is 22.3 Å². The van der Waals surface area contributed by atoms with Gasteiger partial charge in [-0.2, -0.15) is 0 Å². The predicted molar refractivity (Wildman–Crippen MR) is 95.1 cm³/mol. The fourth-order valence-electron chi connectivity index (χ4n) is 1.73. The molecular formula is C15H24N8O. The first-order valence-corrected chi connectivity index (χ1v) is 7.38. The van der Waals surface area contributed by atoms with Gasteiger partial charge in [-0.25, -0.2) is 9.97 Å². The van der Waals surface area contributed by atoms with Gasteiger partial charge in [0, 0.05) is 11.3 Å². The van der Waals surface area contributed by atoms with Crippen molar-refractivity contribution in [3.63, 3.8) is 0 Å². The molecule has 0 aliphatic rings. The molecule has 24 heavy (non-hydrogen) atoms. The zero-order valence-electron chi connectivity index (χ0n) is 14.3. The number of anilines is 2. The van der Waals surface area contributed by atoms with Gasteiger partial charge in [0.05, 0.1) is 5.56 Å². The van der Waals surface area contributed by atoms with Crippen molar-refractivity contribution in [2.75, 3.05) is 11.1 Å². The number of amides is 1. The van der Waals surface area contributed by atoms with Crippen LogP contribution in [0.5, 0.6) is 0 Å². The average molecular weight is 332 g/mol. The van der Waals surface area contributed by atoms with E-state index in [1.54, 1.807) is 6.92 Å². The first-order chi connectivity index (χ1) is 11.0. The number of nitrogens with zero attached hydrogens (tertiary/aromatic N) is 2. The second kappa shape index (κ2) is 7.53. The molecule has 9 heteroatoms. The Morgan fingerprint density at radius 3 is 2.50 bits per heavy atom. The summed E-state index contributed by atoms with van der Waals surface area (Å²) in [5.41, 5.74) is 11.1. The maximum absolute atomic E-state index is 12.2. The number of nitrogens with two attached hydrogens (primary N) is 2. The summed E-state index contributed by atoms with van der Waals surface area (Å²) in [6.07, 6.45) is 3.06. The number of nitrogens with one attached hydrogen (secondary N) is 4. The summed E-state index contributed by atoms with van der Waals surface area (Å²) in [5, 5.41) is 21.1. The van der Waals surface area contributed by atoms with Gasteiger partial charge >= 0.3 is 0 Å². The molecule has 1 heterocycles. The van der Waals surface area contributed by atoms with Gasteiger partial charge in [-0.15, -0.1) is 0 Å². The molecule has 1 aromatic heterocycles. The van der Waals surface area contributed by atoms with Gasteiger partial charge in [0.15, 0.2) is 0 Å². The van der Waals surface area contributed by atoms with Gasteiger partial charge in [0.1, 0.15) is 29.5 Å². The quantitative estimate of drug-likeness (QED) is 0.425. The molecule has 9 nitrogen and oxygen atoms in total. The van der Waals surface area contributed by atoms with Gasteiger partial charge in [-0.3, -0.25) is 10.2 Å². The number of carbonyl (C=O) groups excluding carboxylic acids is 1. The predicted octanol–water partition coefficient (Wildman–Crippen LogP) is 0.983. The standard InChI is InChI=1S/C15H24N8O/c1-5-8(16)6-9(17)22-14(24)11(18)10-12(19)20-7-21-13(10)23-15(2,3)4/h6-7,16,18H,5,17H2,1-4H3,(H,22,24)(H3,19,20,21,23)/b9-6+,16-8?,18-11?. The van der Waals surface area contributed by atoms with Crippen molar-refractivity contribution < 1.29 is 4.79 Å². The molecule has 0 atom stereocenters. The Labute approximate surface area is 141 Å². The Morgan fingerprint density at radius 2 is 1.96 bits per heavy atom. The molecule has 0 aliphatic carbocycles. The summed E-state index contributed by atoms with van der Waals surface area (Å²) in [4.78, 5) is 20.1. The summed E-state index contributed by atoms with van der Waals surface area (Å²) >= 11 is 0. The first-order valence-electron chi connectivity index (χ1n) is 7.38. The molecule has 8 N–H and O–H groups in total. The Bertz CT molecular complexity index is 687. The molecule has 1 aromatic rings. The Balaban J connectivity index is 3.08. The lowest BCUT2D eigenvalue weighted by atomic mass is 10.1. The van der Waals surface area contributed by atoms with Crippen LogP contribution in [0.25, 0.3) is 0 Å². The normalized spacial score (nSPS) is 11.8. The maximum atomic E-state index is 12.2. The first kappa shape index (κ1) is 19.1. The van der Waals surface area contributed by atoms with Crippen LogP contribution in [0.4, 0.5) is 11.6 Å². The van der Waals surface area contributed by atoms with Gasteiger partial charge in [-0.1, -0.05) is 6.92 Å². The fourth-order valence-corrected chi connectivity index (χ4v) is 1.73. The molecule has 0 aromatic carbocycles. The lowest BCUT2D eigenvalue weighted by Crippen LogP contribution is -2.36. The molecule has 0 spiro atoms. The molecule has 1 rings (SSSR count). The van der Waals surface area contributed by atoms with Crippen LogP contribution < -0.4 is 22.1 Å². The molecule has 0 unspecified atom stereocenters. The van der Waals surface area contributed by atoms with Crippen molar-refractivity contribution in [1.29, 1.82) is 10.8 Å². The van der Waals surface area contributed by atoms with Crippen LogP contribution in [0.1, 0.15) is 39.7 Å². The topological polar surface area (TPSA) is 167 Å². The summed E-state index contributed by atoms with van der Waals surface area (Å²) in [5.74, 6) is -0.469. The molecule has 1 amide bonds. The molecule has 130 valence electrons. The van der Waals surface area contributed by atoms with Crippen LogP contribution in [-0.4, -0.2) is 32.8 Å². The molecule has 0 aliphatic heterocycles. The SMILES string of the molecule is CCC(=N)/C=C(\N)NC(=O)C(=N)c1c(N)ncnc1NC(C)(C)C. The number of hydrogen-bond acceptors (Lipinski definition) is 8. The third-order valence-electron chi connectivity index (χ3n) is 2.82. The van der Waals surface area contributed by atoms with E-state index in [2.05, 4.69) is 20.6 Å². The number of aromatic nitrogens is 2. The Kier molecular flexibility index (Phi) is 5.99. The summed E-state index contributed by atoms with van der Waals surface area (Å²) < 4.78 is 0. The summed E-state index contributed by atoms with van der Waals surface area (Å²) in [6, 6.07) is 0. The van der Waals surface area contributed by atoms with Crippen molar-refractivity contribution in [2.24, 2.45) is 5.73 Å². The maximum Gasteiger partial charge on any atom is 0.275 e. The van der Waals surface area contributed by atoms with E-state index < -0.39 is 11.6 Å². The van der Waals surface area contributed by atoms with Crippen molar-refractivity contribution >= 4 is 29.0 Å². The van der Waals surface area contributed by atoms with E-state index in [1.165, 1.54) is 12.4 Å². The van der Waals surface area contributed by atoms with E-state index in [9.17, 15) is 4.79 Å². The highest BCUT2D eigenvalue weighted by Crippen LogP contribution is 2.21. The van der Waals surface area contributed by atoms with E-state index in [1.807, 2.05) is 20.8 Å². The number of rotatable bonds is 6. The Morgan fingerprint density at radius 1 is 1.33 bits per heavy atom. The molecular weight excluding hydrogens is 308 g/mol. The molecule has 0 saturated carbocycles. The third kappa shape index (κ3) is 5.34. The number of carbonyl (C=O) groups is 1. The minimum absolute atomic E-state index is 0.0146. The van der Waals surface area contributed by atoms with Crippen molar-refractivity contribution in [2.45, 2.75) is 39.7 Å². The largest absolute Gasteiger partial charge is 0.385 e. The van der Waals surface area contributed by atoms with E-state index in [-0.39, 0.29) is 28.5 Å². The third-order valence-corrected chi connectivity index (χ3v) is 2.82. The van der Waals surface area contributed by atoms with Crippen LogP contribution >= 0.6 is 0 Å². The van der Waals surface area contributed by atoms with Crippen LogP contribution in [0.2, 0.25) is 0 Å². The van der Waals surface area contributed by atoms with Gasteiger partial charge in [0.25, 0.3) is 5.91 Å². The fraction of sp³-hybridized carbons (Fsp3) is 0.400. The van der Waals surface area contributed by atoms with Crippen LogP contribution in [0, 0.1) is 10.8 Å². The van der Waals surface area contributed by atoms with Crippen LogP contribution in [-0.2, 0) is 4.79 Å². The van der Waals surface area contributed by atoms with Crippen molar-refractivity contribution in [1.82, 2.24) is 15.3 Å². The van der Waals surface area contributed by atoms with E-state index >= 15 is 0 Å². The zero-order chi connectivity index (χ0) is 18.5. The summed E-state index contributed by atoms with van der Waals surface area (Å²) in [6.45, 7) is 7.53. The van der Waals surface area contributed by atoms with Crippen molar-refractivity contribution in [3.8, 4) is 0 Å². The Hall–Kier alpha value is -2.97. The summed E-state index contributed by atoms with van der Waals surface area (Å²) in [7, 11) is 0. The molecule has 0 radical (unpaired) electrons. The van der Waals surface area contributed by atoms with E-state index in [0.29, 0.717) is 12.2 Å². The van der Waals surface area contributed by atoms with Crippen molar-refractivity contribution in [3.05, 3.63) is 23.8 Å². The van der Waals surface area contributed by atoms with Crippen LogP contribution in [0.3, 0.4) is 0 Å². The van der Waals surface area contributed by atoms with Gasteiger partial charge in [-0.05, 0) is 33.3 Å². The lowest BCUT2D eigenvalue weighted by molar-refractivity contribution is -0.114. The monoisotopic (exact) mass is 332 g/mol. The smallest absolute Gasteiger partial charge is 0.275 e. The second-order valence-corrected chi connectivity index (χ2v) is 6.17. The number of hydrogen-bond donors (Lipinski definition) is 6. The second-order valence-electron chi connectivity index (χ2n) is 6.17. The van der Waals surface area contributed by atoms with Gasteiger partial charge < -0.3 is 27.5 Å². The molecule has 0 bridgehead atoms. The molecule has 0 fully saturated rings. The average Bonchev–Trinajstić information content (AvgIpc) is 2.44. The highest BCUT2D eigenvalue weighted by atomic mass is 16.1. The number of nitrogen functional groups attached to an aromatic ring is 1. The minimum atomic E-state index is -0.758. The molecule has 0 saturated heterocycles. The van der Waals surface area contributed by atoms with Gasteiger partial charge in [0.2, 0.25) is 0 Å². The lowest BCUT2D eigenvalue weighted by Gasteiger charge is -2.23. The minimum Gasteiger partial charge on any atom is -0.385 e. The highest BCUT2D eigenvalue weighted by molar-refractivity contribution is 6.46. The van der Waals surface area contributed by atoms with Crippen LogP contribution in [0.15, 0.2) is 18.2 Å². The highest BCUT2D eigenvalue weighted by Gasteiger charge is 2.23. The van der Waals surface area contributed by atoms with E-state index in [0.717, 1.165) is 0 Å².